The Labute approximate surface area is 109 Å². The van der Waals surface area contributed by atoms with Crippen molar-refractivity contribution in [3.8, 4) is 11.5 Å². The summed E-state index contributed by atoms with van der Waals surface area (Å²) in [4.78, 5) is 13.0. The maximum atomic E-state index is 11.9. The highest BCUT2D eigenvalue weighted by Crippen LogP contribution is 2.28. The number of rotatable bonds is 3. The summed E-state index contributed by atoms with van der Waals surface area (Å²) >= 11 is 1.55. The summed E-state index contributed by atoms with van der Waals surface area (Å²) in [5, 5.41) is 23.6. The van der Waals surface area contributed by atoms with Crippen molar-refractivity contribution in [1.82, 2.24) is 5.32 Å². The Hall–Kier alpha value is -2.01. The smallest absolute Gasteiger partial charge is 0.255 e. The molecule has 1 heterocycles. The van der Waals surface area contributed by atoms with Gasteiger partial charge in [0.1, 0.15) is 0 Å². The van der Waals surface area contributed by atoms with Crippen LogP contribution >= 0.6 is 11.3 Å². The Bertz CT molecular complexity index is 551. The molecule has 0 aliphatic carbocycles. The second kappa shape index (κ2) is 5.10. The number of hydrogen-bond donors (Lipinski definition) is 3. The second-order valence-corrected chi connectivity index (χ2v) is 4.86. The normalized spacial score (nSPS) is 12.1. The number of phenolic OH excluding ortho intramolecular Hbond substituents is 2. The van der Waals surface area contributed by atoms with E-state index in [4.69, 9.17) is 0 Å². The number of phenols is 2. The molecule has 0 aliphatic heterocycles. The number of para-hydroxylation sites is 1. The number of carbonyl (C=O) groups excluding carboxylic acids is 1. The van der Waals surface area contributed by atoms with Crippen molar-refractivity contribution in [2.45, 2.75) is 13.0 Å². The summed E-state index contributed by atoms with van der Waals surface area (Å²) in [6.45, 7) is 1.86. The van der Waals surface area contributed by atoms with E-state index in [1.54, 1.807) is 11.3 Å². The first-order chi connectivity index (χ1) is 8.59. The van der Waals surface area contributed by atoms with E-state index in [9.17, 15) is 15.0 Å². The Kier molecular flexibility index (Phi) is 3.53. The first-order valence-electron chi connectivity index (χ1n) is 5.45. The van der Waals surface area contributed by atoms with Gasteiger partial charge in [-0.05, 0) is 30.5 Å². The molecule has 94 valence electrons. The first-order valence-corrected chi connectivity index (χ1v) is 6.32. The number of benzene rings is 1. The molecule has 1 aromatic carbocycles. The predicted octanol–water partition coefficient (Wildman–Crippen LogP) is 2.65. The zero-order valence-corrected chi connectivity index (χ0v) is 10.6. The molecular weight excluding hydrogens is 250 g/mol. The number of thiophene rings is 1. The van der Waals surface area contributed by atoms with E-state index >= 15 is 0 Å². The van der Waals surface area contributed by atoms with Crippen LogP contribution in [0, 0.1) is 0 Å². The molecule has 0 fully saturated rings. The van der Waals surface area contributed by atoms with Crippen LogP contribution in [0.15, 0.2) is 35.7 Å². The van der Waals surface area contributed by atoms with Gasteiger partial charge in [0.25, 0.3) is 5.91 Å². The summed E-state index contributed by atoms with van der Waals surface area (Å²) < 4.78 is 0. The zero-order chi connectivity index (χ0) is 13.1. The lowest BCUT2D eigenvalue weighted by atomic mass is 10.1. The van der Waals surface area contributed by atoms with E-state index in [1.165, 1.54) is 18.2 Å². The van der Waals surface area contributed by atoms with E-state index in [1.807, 2.05) is 24.4 Å². The van der Waals surface area contributed by atoms with Gasteiger partial charge >= 0.3 is 0 Å². The standard InChI is InChI=1S/C13H13NO3S/c1-8(11-6-3-7-18-11)14-13(17)9-4-2-5-10(15)12(9)16/h2-8,15-16H,1H3,(H,14,17). The SMILES string of the molecule is CC(NC(=O)c1cccc(O)c1O)c1cccs1. The largest absolute Gasteiger partial charge is 0.504 e. The summed E-state index contributed by atoms with van der Waals surface area (Å²) in [7, 11) is 0. The molecule has 18 heavy (non-hydrogen) atoms. The van der Waals surface area contributed by atoms with Crippen molar-refractivity contribution in [2.24, 2.45) is 0 Å². The molecule has 5 heteroatoms. The minimum atomic E-state index is -0.413. The molecule has 1 amide bonds. The van der Waals surface area contributed by atoms with Crippen molar-refractivity contribution in [1.29, 1.82) is 0 Å². The molecule has 0 bridgehead atoms. The fourth-order valence-electron chi connectivity index (χ4n) is 1.60. The number of hydrogen-bond acceptors (Lipinski definition) is 4. The molecule has 1 unspecified atom stereocenters. The molecule has 2 rings (SSSR count). The van der Waals surface area contributed by atoms with Crippen LogP contribution in [0.2, 0.25) is 0 Å². The minimum Gasteiger partial charge on any atom is -0.504 e. The van der Waals surface area contributed by atoms with E-state index in [-0.39, 0.29) is 17.4 Å². The lowest BCUT2D eigenvalue weighted by Gasteiger charge is -2.13. The Morgan fingerprint density at radius 3 is 2.72 bits per heavy atom. The van der Waals surface area contributed by atoms with Crippen LogP contribution in [0.5, 0.6) is 11.5 Å². The number of carbonyl (C=O) groups is 1. The zero-order valence-electron chi connectivity index (χ0n) is 9.75. The van der Waals surface area contributed by atoms with Crippen LogP contribution in [0.1, 0.15) is 28.2 Å². The summed E-state index contributed by atoms with van der Waals surface area (Å²) in [5.41, 5.74) is 0.0680. The Morgan fingerprint density at radius 2 is 2.06 bits per heavy atom. The van der Waals surface area contributed by atoms with Crippen molar-refractivity contribution in [2.75, 3.05) is 0 Å². The van der Waals surface area contributed by atoms with Gasteiger partial charge in [0.15, 0.2) is 11.5 Å². The van der Waals surface area contributed by atoms with Gasteiger partial charge < -0.3 is 15.5 Å². The van der Waals surface area contributed by atoms with Crippen LogP contribution in [0.4, 0.5) is 0 Å². The summed E-state index contributed by atoms with van der Waals surface area (Å²) in [5.74, 6) is -1.11. The third-order valence-corrected chi connectivity index (χ3v) is 3.63. The summed E-state index contributed by atoms with van der Waals surface area (Å²) in [6, 6.07) is 8.01. The third-order valence-electron chi connectivity index (χ3n) is 2.58. The van der Waals surface area contributed by atoms with Crippen molar-refractivity contribution in [3.05, 3.63) is 46.2 Å². The molecule has 0 saturated carbocycles. The van der Waals surface area contributed by atoms with Gasteiger partial charge in [0.2, 0.25) is 0 Å². The van der Waals surface area contributed by atoms with Crippen molar-refractivity contribution in [3.63, 3.8) is 0 Å². The fraction of sp³-hybridized carbons (Fsp3) is 0.154. The molecule has 1 aromatic heterocycles. The maximum Gasteiger partial charge on any atom is 0.255 e. The first kappa shape index (κ1) is 12.4. The van der Waals surface area contributed by atoms with E-state index in [2.05, 4.69) is 5.32 Å². The average molecular weight is 263 g/mol. The summed E-state index contributed by atoms with van der Waals surface area (Å²) in [6.07, 6.45) is 0. The minimum absolute atomic E-state index is 0.0680. The fourth-order valence-corrected chi connectivity index (χ4v) is 2.33. The topological polar surface area (TPSA) is 69.6 Å². The molecule has 0 aliphatic rings. The van der Waals surface area contributed by atoms with Gasteiger partial charge in [-0.15, -0.1) is 11.3 Å². The quantitative estimate of drug-likeness (QED) is 0.746. The predicted molar refractivity (Wildman–Crippen MR) is 70.0 cm³/mol. The maximum absolute atomic E-state index is 11.9. The third kappa shape index (κ3) is 2.46. The van der Waals surface area contributed by atoms with Gasteiger partial charge in [-0.1, -0.05) is 12.1 Å². The second-order valence-electron chi connectivity index (χ2n) is 3.88. The molecule has 0 radical (unpaired) electrons. The number of nitrogens with one attached hydrogen (secondary N) is 1. The van der Waals surface area contributed by atoms with Crippen molar-refractivity contribution < 1.29 is 15.0 Å². The van der Waals surface area contributed by atoms with Gasteiger partial charge in [0, 0.05) is 4.88 Å². The van der Waals surface area contributed by atoms with Crippen molar-refractivity contribution >= 4 is 17.2 Å². The Morgan fingerprint density at radius 1 is 1.28 bits per heavy atom. The van der Waals surface area contributed by atoms with E-state index < -0.39 is 11.7 Å². The lowest BCUT2D eigenvalue weighted by molar-refractivity contribution is 0.0937. The number of aromatic hydroxyl groups is 2. The van der Waals surface area contributed by atoms with E-state index in [0.717, 1.165) is 4.88 Å². The number of amides is 1. The van der Waals surface area contributed by atoms with Crippen LogP contribution in [-0.4, -0.2) is 16.1 Å². The van der Waals surface area contributed by atoms with Gasteiger partial charge in [-0.25, -0.2) is 0 Å². The molecule has 3 N–H and O–H groups in total. The molecule has 0 saturated heterocycles. The van der Waals surface area contributed by atoms with Gasteiger partial charge in [-0.2, -0.15) is 0 Å². The van der Waals surface area contributed by atoms with Gasteiger partial charge in [-0.3, -0.25) is 4.79 Å². The van der Waals surface area contributed by atoms with E-state index in [0.29, 0.717) is 0 Å². The molecule has 4 nitrogen and oxygen atoms in total. The highest BCUT2D eigenvalue weighted by molar-refractivity contribution is 7.10. The van der Waals surface area contributed by atoms with Crippen LogP contribution in [0.3, 0.4) is 0 Å². The average Bonchev–Trinajstić information content (AvgIpc) is 2.86. The highest BCUT2D eigenvalue weighted by Gasteiger charge is 2.16. The monoisotopic (exact) mass is 263 g/mol. The molecular formula is C13H13NO3S. The molecule has 0 spiro atoms. The van der Waals surface area contributed by atoms with Crippen LogP contribution < -0.4 is 5.32 Å². The lowest BCUT2D eigenvalue weighted by Crippen LogP contribution is -2.26. The molecule has 1 atom stereocenters. The van der Waals surface area contributed by atoms with Gasteiger partial charge in [0.05, 0.1) is 11.6 Å². The molecule has 2 aromatic rings. The van der Waals surface area contributed by atoms with Crippen LogP contribution in [0.25, 0.3) is 0 Å². The van der Waals surface area contributed by atoms with Crippen LogP contribution in [-0.2, 0) is 0 Å². The highest BCUT2D eigenvalue weighted by atomic mass is 32.1. The Balaban J connectivity index is 2.15.